The molecule has 1 heteroatoms. The number of rotatable bonds is 0. The topological polar surface area (TPSA) is 20.2 Å². The first-order valence-corrected chi connectivity index (χ1v) is 5.79. The molecule has 0 atom stereocenters. The molecule has 0 saturated carbocycles. The van der Waals surface area contributed by atoms with Crippen LogP contribution in [-0.4, -0.2) is 5.11 Å². The zero-order valence-electron chi connectivity index (χ0n) is 10.8. The van der Waals surface area contributed by atoms with E-state index in [9.17, 15) is 5.11 Å². The molecule has 16 heavy (non-hydrogen) atoms. The minimum atomic E-state index is 0.00995. The zero-order valence-corrected chi connectivity index (χ0v) is 10.8. The number of aryl methyl sites for hydroxylation is 1. The lowest BCUT2D eigenvalue weighted by Crippen LogP contribution is -2.29. The van der Waals surface area contributed by atoms with E-state index in [-0.39, 0.29) is 10.8 Å². The molecule has 0 spiro atoms. The van der Waals surface area contributed by atoms with Gasteiger partial charge in [0.05, 0.1) is 0 Å². The second-order valence-corrected chi connectivity index (χ2v) is 5.96. The fourth-order valence-corrected chi connectivity index (χ4v) is 2.36. The quantitative estimate of drug-likeness (QED) is 0.653. The van der Waals surface area contributed by atoms with E-state index in [0.717, 1.165) is 5.56 Å². The van der Waals surface area contributed by atoms with Crippen molar-refractivity contribution in [1.82, 2.24) is 0 Å². The van der Waals surface area contributed by atoms with E-state index in [4.69, 9.17) is 0 Å². The Morgan fingerprint density at radius 3 is 1.81 bits per heavy atom. The van der Waals surface area contributed by atoms with Crippen LogP contribution in [0.5, 0.6) is 5.75 Å². The van der Waals surface area contributed by atoms with Crippen molar-refractivity contribution < 1.29 is 5.11 Å². The maximum absolute atomic E-state index is 9.85. The molecule has 0 fully saturated rings. The predicted molar refractivity (Wildman–Crippen MR) is 68.0 cm³/mol. The van der Waals surface area contributed by atoms with Gasteiger partial charge >= 0.3 is 0 Å². The van der Waals surface area contributed by atoms with E-state index in [1.807, 2.05) is 13.0 Å². The van der Waals surface area contributed by atoms with Crippen LogP contribution in [0.2, 0.25) is 0 Å². The van der Waals surface area contributed by atoms with Gasteiger partial charge in [-0.25, -0.2) is 0 Å². The van der Waals surface area contributed by atoms with Gasteiger partial charge < -0.3 is 5.11 Å². The minimum Gasteiger partial charge on any atom is -0.508 e. The van der Waals surface area contributed by atoms with Crippen LogP contribution in [-0.2, 0) is 10.8 Å². The van der Waals surface area contributed by atoms with Gasteiger partial charge in [-0.1, -0.05) is 45.9 Å². The van der Waals surface area contributed by atoms with Crippen molar-refractivity contribution in [2.75, 3.05) is 0 Å². The molecule has 2 rings (SSSR count). The number of allylic oxidation sites excluding steroid dienone is 2. The van der Waals surface area contributed by atoms with Crippen molar-refractivity contribution in [3.63, 3.8) is 0 Å². The number of benzene rings is 1. The van der Waals surface area contributed by atoms with Crippen LogP contribution in [0.1, 0.15) is 44.4 Å². The third-order valence-electron chi connectivity index (χ3n) is 3.64. The van der Waals surface area contributed by atoms with Gasteiger partial charge in [0.15, 0.2) is 0 Å². The van der Waals surface area contributed by atoms with Crippen LogP contribution in [0.25, 0.3) is 0 Å². The van der Waals surface area contributed by atoms with Crippen LogP contribution in [0, 0.1) is 6.92 Å². The highest BCUT2D eigenvalue weighted by atomic mass is 16.3. The molecule has 1 aliphatic carbocycles. The third-order valence-corrected chi connectivity index (χ3v) is 3.64. The van der Waals surface area contributed by atoms with E-state index < -0.39 is 0 Å². The first-order valence-electron chi connectivity index (χ1n) is 5.79. The highest BCUT2D eigenvalue weighted by molar-refractivity contribution is 5.53. The van der Waals surface area contributed by atoms with Crippen LogP contribution in [0.15, 0.2) is 24.3 Å². The Hall–Kier alpha value is -1.24. The lowest BCUT2D eigenvalue weighted by Gasteiger charge is -2.37. The Labute approximate surface area is 97.8 Å². The molecular formula is C15H20O. The average molecular weight is 216 g/mol. The Morgan fingerprint density at radius 1 is 0.875 bits per heavy atom. The molecule has 1 N–H and O–H groups in total. The van der Waals surface area contributed by atoms with Crippen molar-refractivity contribution in [3.8, 4) is 5.75 Å². The molecule has 0 bridgehead atoms. The summed E-state index contributed by atoms with van der Waals surface area (Å²) in [6.45, 7) is 10.8. The molecule has 0 amide bonds. The van der Waals surface area contributed by atoms with Gasteiger partial charge in [0.1, 0.15) is 5.75 Å². The molecule has 1 nitrogen and oxygen atoms in total. The zero-order chi connectivity index (χ0) is 12.1. The number of hydrogen-bond donors (Lipinski definition) is 1. The van der Waals surface area contributed by atoms with Gasteiger partial charge in [-0.05, 0) is 29.7 Å². The van der Waals surface area contributed by atoms with Crippen molar-refractivity contribution in [3.05, 3.63) is 41.0 Å². The molecule has 1 aromatic carbocycles. The molecule has 1 aliphatic rings. The highest BCUT2D eigenvalue weighted by Crippen LogP contribution is 2.43. The maximum Gasteiger partial charge on any atom is 0.118 e. The smallest absolute Gasteiger partial charge is 0.118 e. The molecule has 0 aromatic heterocycles. The van der Waals surface area contributed by atoms with Gasteiger partial charge in [-0.15, -0.1) is 0 Å². The monoisotopic (exact) mass is 216 g/mol. The van der Waals surface area contributed by atoms with Gasteiger partial charge in [0, 0.05) is 10.8 Å². The fraction of sp³-hybridized carbons (Fsp3) is 0.467. The van der Waals surface area contributed by atoms with E-state index in [0.29, 0.717) is 5.75 Å². The normalized spacial score (nSPS) is 20.6. The van der Waals surface area contributed by atoms with E-state index in [2.05, 4.69) is 45.9 Å². The largest absolute Gasteiger partial charge is 0.508 e. The first-order chi connectivity index (χ1) is 7.24. The van der Waals surface area contributed by atoms with E-state index in [1.54, 1.807) is 0 Å². The molecule has 0 radical (unpaired) electrons. The van der Waals surface area contributed by atoms with Gasteiger partial charge in [-0.3, -0.25) is 0 Å². The van der Waals surface area contributed by atoms with Gasteiger partial charge in [0.25, 0.3) is 0 Å². The molecule has 0 heterocycles. The summed E-state index contributed by atoms with van der Waals surface area (Å²) in [7, 11) is 0. The second-order valence-electron chi connectivity index (χ2n) is 5.96. The summed E-state index contributed by atoms with van der Waals surface area (Å²) >= 11 is 0. The van der Waals surface area contributed by atoms with Gasteiger partial charge in [0.2, 0.25) is 0 Å². The Morgan fingerprint density at radius 2 is 1.31 bits per heavy atom. The Balaban J connectivity index is 2.75. The Bertz CT molecular complexity index is 422. The van der Waals surface area contributed by atoms with E-state index in [1.165, 1.54) is 11.1 Å². The minimum absolute atomic E-state index is 0.00995. The van der Waals surface area contributed by atoms with Crippen LogP contribution in [0.3, 0.4) is 0 Å². The summed E-state index contributed by atoms with van der Waals surface area (Å²) < 4.78 is 0. The number of fused-ring (bicyclic) bond motifs is 1. The summed E-state index contributed by atoms with van der Waals surface area (Å²) in [5, 5.41) is 9.85. The predicted octanol–water partition coefficient (Wildman–Crippen LogP) is 3.83. The molecular weight excluding hydrogens is 196 g/mol. The molecule has 86 valence electrons. The van der Waals surface area contributed by atoms with Crippen LogP contribution in [0.4, 0.5) is 0 Å². The van der Waals surface area contributed by atoms with Crippen LogP contribution >= 0.6 is 0 Å². The molecule has 0 aliphatic heterocycles. The summed E-state index contributed by atoms with van der Waals surface area (Å²) in [6, 6.07) is 4.05. The summed E-state index contributed by atoms with van der Waals surface area (Å²) in [5.41, 5.74) is 3.59. The van der Waals surface area contributed by atoms with Crippen molar-refractivity contribution in [2.45, 2.75) is 45.4 Å². The molecule has 0 saturated heterocycles. The van der Waals surface area contributed by atoms with Gasteiger partial charge in [-0.2, -0.15) is 0 Å². The SMILES string of the molecule is Cc1cc2c(cc1O)C(C)(C)C=CC2(C)C. The number of phenolic OH excluding ortho intramolecular Hbond substituents is 1. The maximum atomic E-state index is 9.85. The number of hydrogen-bond acceptors (Lipinski definition) is 1. The lowest BCUT2D eigenvalue weighted by atomic mass is 9.67. The van der Waals surface area contributed by atoms with E-state index >= 15 is 0 Å². The number of phenols is 1. The second kappa shape index (κ2) is 3.13. The fourth-order valence-electron chi connectivity index (χ4n) is 2.36. The Kier molecular flexibility index (Phi) is 2.20. The van der Waals surface area contributed by atoms with Crippen molar-refractivity contribution in [2.24, 2.45) is 0 Å². The average Bonchev–Trinajstić information content (AvgIpc) is 2.17. The lowest BCUT2D eigenvalue weighted by molar-refractivity contribution is 0.464. The highest BCUT2D eigenvalue weighted by Gasteiger charge is 2.33. The summed E-state index contributed by atoms with van der Waals surface area (Å²) in [4.78, 5) is 0. The van der Waals surface area contributed by atoms with Crippen LogP contribution < -0.4 is 0 Å². The number of aromatic hydroxyl groups is 1. The third kappa shape index (κ3) is 1.55. The standard InChI is InChI=1S/C15H20O/c1-10-8-11-12(9-13(10)16)15(4,5)7-6-14(11,2)3/h6-9,16H,1-5H3. The molecule has 0 unspecified atom stereocenters. The first kappa shape index (κ1) is 11.3. The summed E-state index contributed by atoms with van der Waals surface area (Å²) in [5.74, 6) is 0.401. The van der Waals surface area contributed by atoms with Crippen molar-refractivity contribution >= 4 is 0 Å². The van der Waals surface area contributed by atoms with Crippen molar-refractivity contribution in [1.29, 1.82) is 0 Å². The molecule has 1 aromatic rings. The summed E-state index contributed by atoms with van der Waals surface area (Å²) in [6.07, 6.45) is 4.51.